The van der Waals surface area contributed by atoms with E-state index >= 15 is 0 Å². The van der Waals surface area contributed by atoms with Crippen molar-refractivity contribution in [2.75, 3.05) is 6.61 Å². The van der Waals surface area contributed by atoms with Crippen LogP contribution in [-0.2, 0) is 14.8 Å². The van der Waals surface area contributed by atoms with Gasteiger partial charge in [-0.3, -0.25) is 4.79 Å². The fourth-order valence-corrected chi connectivity index (χ4v) is 3.36. The van der Waals surface area contributed by atoms with Crippen LogP contribution in [0.15, 0.2) is 26.0 Å². The molecular formula is C9H9Br2NO5S. The molecule has 100 valence electrons. The summed E-state index contributed by atoms with van der Waals surface area (Å²) in [6.07, 6.45) is -0.157. The monoisotopic (exact) mass is 401 g/mol. The Bertz CT molecular complexity index is 549. The molecule has 0 saturated heterocycles. The van der Waals surface area contributed by atoms with Crippen LogP contribution in [0, 0.1) is 0 Å². The number of hydrogen-bond acceptors (Lipinski definition) is 4. The van der Waals surface area contributed by atoms with E-state index in [1.54, 1.807) is 0 Å². The zero-order chi connectivity index (χ0) is 13.9. The first-order valence-corrected chi connectivity index (χ1v) is 7.71. The molecule has 0 heterocycles. The molecule has 0 aliphatic heterocycles. The smallest absolute Gasteiger partial charge is 0.306 e. The largest absolute Gasteiger partial charge is 0.491 e. The molecule has 0 unspecified atom stereocenters. The summed E-state index contributed by atoms with van der Waals surface area (Å²) in [6, 6.07) is 2.58. The summed E-state index contributed by atoms with van der Waals surface area (Å²) in [5, 5.41) is 13.5. The Morgan fingerprint density at radius 1 is 1.33 bits per heavy atom. The van der Waals surface area contributed by atoms with Gasteiger partial charge in [0.15, 0.2) is 0 Å². The molecule has 0 aliphatic rings. The van der Waals surface area contributed by atoms with E-state index < -0.39 is 16.0 Å². The summed E-state index contributed by atoms with van der Waals surface area (Å²) in [5.74, 6) is -0.660. The number of benzene rings is 1. The minimum atomic E-state index is -3.81. The molecule has 0 bridgehead atoms. The number of hydrogen-bond donors (Lipinski definition) is 2. The summed E-state index contributed by atoms with van der Waals surface area (Å²) >= 11 is 6.27. The Kier molecular flexibility index (Phi) is 5.14. The fourth-order valence-electron chi connectivity index (χ4n) is 1.08. The van der Waals surface area contributed by atoms with E-state index in [0.29, 0.717) is 14.7 Å². The van der Waals surface area contributed by atoms with Gasteiger partial charge in [-0.1, -0.05) is 0 Å². The van der Waals surface area contributed by atoms with Crippen molar-refractivity contribution < 1.29 is 23.1 Å². The highest BCUT2D eigenvalue weighted by atomic mass is 79.9. The van der Waals surface area contributed by atoms with Crippen LogP contribution < -0.4 is 9.88 Å². The summed E-state index contributed by atoms with van der Waals surface area (Å²) in [4.78, 5) is 10.3. The van der Waals surface area contributed by atoms with Gasteiger partial charge in [0.25, 0.3) is 0 Å². The minimum Gasteiger partial charge on any atom is -0.491 e. The Morgan fingerprint density at radius 2 is 1.83 bits per heavy atom. The molecule has 0 aliphatic carbocycles. The lowest BCUT2D eigenvalue weighted by Gasteiger charge is -2.10. The Hall–Kier alpha value is -0.640. The van der Waals surface area contributed by atoms with Gasteiger partial charge in [-0.15, -0.1) is 0 Å². The molecule has 9 heteroatoms. The minimum absolute atomic E-state index is 0.0265. The van der Waals surface area contributed by atoms with Gasteiger partial charge >= 0.3 is 5.97 Å². The van der Waals surface area contributed by atoms with Gasteiger partial charge in [0, 0.05) is 0 Å². The fraction of sp³-hybridized carbons (Fsp3) is 0.222. The molecule has 1 rings (SSSR count). The maximum Gasteiger partial charge on any atom is 0.306 e. The van der Waals surface area contributed by atoms with Crippen molar-refractivity contribution >= 4 is 47.9 Å². The maximum atomic E-state index is 11.2. The highest BCUT2D eigenvalue weighted by Crippen LogP contribution is 2.35. The number of primary sulfonamides is 1. The number of nitrogens with two attached hydrogens (primary N) is 1. The molecule has 1 aromatic carbocycles. The first kappa shape index (κ1) is 15.4. The molecule has 0 spiro atoms. The van der Waals surface area contributed by atoms with Crippen molar-refractivity contribution in [2.45, 2.75) is 11.3 Å². The molecular weight excluding hydrogens is 394 g/mol. The lowest BCUT2D eigenvalue weighted by molar-refractivity contribution is -0.137. The molecule has 0 aromatic heterocycles. The third-order valence-electron chi connectivity index (χ3n) is 1.86. The van der Waals surface area contributed by atoms with Gasteiger partial charge < -0.3 is 9.84 Å². The van der Waals surface area contributed by atoms with Crippen LogP contribution in [0.4, 0.5) is 0 Å². The number of rotatable bonds is 5. The number of carboxylic acid groups (broad SMARTS) is 1. The Labute approximate surface area is 120 Å². The Morgan fingerprint density at radius 3 is 2.22 bits per heavy atom. The van der Waals surface area contributed by atoms with Gasteiger partial charge in [0.05, 0.1) is 26.9 Å². The topological polar surface area (TPSA) is 107 Å². The van der Waals surface area contributed by atoms with Crippen molar-refractivity contribution in [3.8, 4) is 5.75 Å². The van der Waals surface area contributed by atoms with Gasteiger partial charge in [0.2, 0.25) is 10.0 Å². The molecule has 18 heavy (non-hydrogen) atoms. The van der Waals surface area contributed by atoms with Crippen molar-refractivity contribution in [1.82, 2.24) is 0 Å². The van der Waals surface area contributed by atoms with Crippen LogP contribution in [0.1, 0.15) is 6.42 Å². The summed E-state index contributed by atoms with van der Waals surface area (Å²) in [6.45, 7) is -0.0265. The second kappa shape index (κ2) is 6.00. The van der Waals surface area contributed by atoms with Crippen LogP contribution in [0.5, 0.6) is 5.75 Å². The lowest BCUT2D eigenvalue weighted by Crippen LogP contribution is -2.12. The average molecular weight is 403 g/mol. The van der Waals surface area contributed by atoms with Crippen molar-refractivity contribution in [3.05, 3.63) is 21.1 Å². The van der Waals surface area contributed by atoms with Crippen LogP contribution in [0.3, 0.4) is 0 Å². The molecule has 0 atom stereocenters. The van der Waals surface area contributed by atoms with Crippen molar-refractivity contribution in [3.63, 3.8) is 0 Å². The third kappa shape index (κ3) is 4.23. The summed E-state index contributed by atoms with van der Waals surface area (Å²) in [5.41, 5.74) is 0. The molecule has 0 saturated carbocycles. The summed E-state index contributed by atoms with van der Waals surface area (Å²) < 4.78 is 28.3. The number of carboxylic acids is 1. The quantitative estimate of drug-likeness (QED) is 0.779. The van der Waals surface area contributed by atoms with E-state index in [9.17, 15) is 13.2 Å². The van der Waals surface area contributed by atoms with Gasteiger partial charge in [-0.05, 0) is 44.0 Å². The highest BCUT2D eigenvalue weighted by molar-refractivity contribution is 9.11. The predicted octanol–water partition coefficient (Wildman–Crippen LogP) is 1.71. The van der Waals surface area contributed by atoms with Crippen molar-refractivity contribution in [1.29, 1.82) is 0 Å². The normalized spacial score (nSPS) is 11.3. The highest BCUT2D eigenvalue weighted by Gasteiger charge is 2.15. The second-order valence-electron chi connectivity index (χ2n) is 3.25. The number of ether oxygens (including phenoxy) is 1. The van der Waals surface area contributed by atoms with E-state index in [1.165, 1.54) is 12.1 Å². The molecule has 0 fully saturated rings. The van der Waals surface area contributed by atoms with Crippen LogP contribution >= 0.6 is 31.9 Å². The van der Waals surface area contributed by atoms with Crippen molar-refractivity contribution in [2.24, 2.45) is 5.14 Å². The van der Waals surface area contributed by atoms with Crippen LogP contribution in [0.2, 0.25) is 0 Å². The van der Waals surface area contributed by atoms with E-state index in [0.717, 1.165) is 0 Å². The predicted molar refractivity (Wildman–Crippen MR) is 71.0 cm³/mol. The number of aliphatic carboxylic acids is 1. The van der Waals surface area contributed by atoms with E-state index in [2.05, 4.69) is 31.9 Å². The zero-order valence-electron chi connectivity index (χ0n) is 8.89. The zero-order valence-corrected chi connectivity index (χ0v) is 12.9. The molecule has 0 radical (unpaired) electrons. The van der Waals surface area contributed by atoms with E-state index in [1.807, 2.05) is 0 Å². The van der Waals surface area contributed by atoms with E-state index in [4.69, 9.17) is 15.0 Å². The van der Waals surface area contributed by atoms with Gasteiger partial charge in [-0.2, -0.15) is 0 Å². The average Bonchev–Trinajstić information content (AvgIpc) is 2.20. The molecule has 6 nitrogen and oxygen atoms in total. The van der Waals surface area contributed by atoms with Crippen LogP contribution in [-0.4, -0.2) is 26.1 Å². The number of sulfonamides is 1. The molecule has 3 N–H and O–H groups in total. The number of halogens is 2. The van der Waals surface area contributed by atoms with E-state index in [-0.39, 0.29) is 17.9 Å². The SMILES string of the molecule is NS(=O)(=O)c1cc(Br)c(OCCC(=O)O)c(Br)c1. The standard InChI is InChI=1S/C9H9Br2NO5S/c10-6-3-5(18(12,15)16)4-7(11)9(6)17-2-1-8(13)14/h3-4H,1-2H2,(H,13,14)(H2,12,15,16). The molecule has 1 aromatic rings. The third-order valence-corrected chi connectivity index (χ3v) is 3.93. The van der Waals surface area contributed by atoms with Gasteiger partial charge in [-0.25, -0.2) is 13.6 Å². The maximum absolute atomic E-state index is 11.2. The lowest BCUT2D eigenvalue weighted by atomic mass is 10.3. The number of carbonyl (C=O) groups is 1. The summed E-state index contributed by atoms with van der Waals surface area (Å²) in [7, 11) is -3.81. The Balaban J connectivity index is 2.99. The van der Waals surface area contributed by atoms with Gasteiger partial charge in [0.1, 0.15) is 5.75 Å². The van der Waals surface area contributed by atoms with Crippen LogP contribution in [0.25, 0.3) is 0 Å². The molecule has 0 amide bonds. The first-order chi connectivity index (χ1) is 8.21. The second-order valence-corrected chi connectivity index (χ2v) is 6.52. The first-order valence-electron chi connectivity index (χ1n) is 4.58.